The van der Waals surface area contributed by atoms with Crippen molar-refractivity contribution in [3.63, 3.8) is 0 Å². The van der Waals surface area contributed by atoms with E-state index in [2.05, 4.69) is 54.8 Å². The second-order valence-electron chi connectivity index (χ2n) is 4.57. The molecule has 1 heterocycles. The van der Waals surface area contributed by atoms with Crippen molar-refractivity contribution in [2.75, 3.05) is 0 Å². The molecule has 0 atom stereocenters. The van der Waals surface area contributed by atoms with Crippen LogP contribution in [0.4, 0.5) is 0 Å². The first-order valence-corrected chi connectivity index (χ1v) is 6.57. The third-order valence-electron chi connectivity index (χ3n) is 3.28. The van der Waals surface area contributed by atoms with Crippen LogP contribution in [-0.2, 0) is 19.4 Å². The molecule has 1 aromatic heterocycles. The molecule has 0 spiro atoms. The fraction of sp³-hybridized carbons (Fsp3) is 0.400. The standard InChI is InChI=1S/C15H21N3/c1-4-13-9-14(5-2)18(17-13)15-7-6-12(10-16)8-11(15)3/h6-9H,4-5,10,16H2,1-3H3. The SMILES string of the molecule is CCc1cc(CC)n(-c2ccc(CN)cc2C)n1. The van der Waals surface area contributed by atoms with Gasteiger partial charge in [0.15, 0.2) is 0 Å². The molecule has 2 aromatic rings. The summed E-state index contributed by atoms with van der Waals surface area (Å²) in [5.74, 6) is 0. The van der Waals surface area contributed by atoms with Crippen molar-refractivity contribution in [3.05, 3.63) is 46.8 Å². The Morgan fingerprint density at radius 1 is 1.17 bits per heavy atom. The summed E-state index contributed by atoms with van der Waals surface area (Å²) in [6.45, 7) is 7.00. The first-order chi connectivity index (χ1) is 8.69. The van der Waals surface area contributed by atoms with E-state index < -0.39 is 0 Å². The average Bonchev–Trinajstić information content (AvgIpc) is 2.81. The number of aromatic nitrogens is 2. The Hall–Kier alpha value is -1.61. The summed E-state index contributed by atoms with van der Waals surface area (Å²) in [5.41, 5.74) is 11.6. The van der Waals surface area contributed by atoms with Gasteiger partial charge in [-0.05, 0) is 43.0 Å². The van der Waals surface area contributed by atoms with Gasteiger partial charge in [0.1, 0.15) is 0 Å². The van der Waals surface area contributed by atoms with E-state index in [1.54, 1.807) is 0 Å². The van der Waals surface area contributed by atoms with Crippen LogP contribution >= 0.6 is 0 Å². The van der Waals surface area contributed by atoms with Crippen LogP contribution in [0.1, 0.15) is 36.4 Å². The van der Waals surface area contributed by atoms with Crippen molar-refractivity contribution in [2.24, 2.45) is 5.73 Å². The summed E-state index contributed by atoms with van der Waals surface area (Å²) in [7, 11) is 0. The minimum atomic E-state index is 0.584. The highest BCUT2D eigenvalue weighted by Gasteiger charge is 2.09. The van der Waals surface area contributed by atoms with E-state index in [1.807, 2.05) is 0 Å². The van der Waals surface area contributed by atoms with Crippen LogP contribution in [0.5, 0.6) is 0 Å². The number of nitrogens with two attached hydrogens (primary N) is 1. The van der Waals surface area contributed by atoms with E-state index in [-0.39, 0.29) is 0 Å². The molecule has 2 rings (SSSR count). The zero-order chi connectivity index (χ0) is 13.1. The number of hydrogen-bond donors (Lipinski definition) is 1. The van der Waals surface area contributed by atoms with Gasteiger partial charge in [0.05, 0.1) is 11.4 Å². The van der Waals surface area contributed by atoms with Crippen molar-refractivity contribution in [1.82, 2.24) is 9.78 Å². The Balaban J connectivity index is 2.50. The summed E-state index contributed by atoms with van der Waals surface area (Å²) in [6.07, 6.45) is 1.96. The first kappa shape index (κ1) is 12.8. The van der Waals surface area contributed by atoms with Crippen LogP contribution in [0.25, 0.3) is 5.69 Å². The quantitative estimate of drug-likeness (QED) is 0.897. The highest BCUT2D eigenvalue weighted by Crippen LogP contribution is 2.19. The number of nitrogens with zero attached hydrogens (tertiary/aromatic N) is 2. The van der Waals surface area contributed by atoms with E-state index in [4.69, 9.17) is 5.73 Å². The van der Waals surface area contributed by atoms with E-state index in [0.717, 1.165) is 29.8 Å². The van der Waals surface area contributed by atoms with Crippen molar-refractivity contribution in [1.29, 1.82) is 0 Å². The lowest BCUT2D eigenvalue weighted by Gasteiger charge is -2.10. The summed E-state index contributed by atoms with van der Waals surface area (Å²) >= 11 is 0. The molecule has 0 saturated heterocycles. The zero-order valence-electron chi connectivity index (χ0n) is 11.4. The maximum absolute atomic E-state index is 5.67. The van der Waals surface area contributed by atoms with Crippen LogP contribution in [0.3, 0.4) is 0 Å². The Morgan fingerprint density at radius 2 is 1.94 bits per heavy atom. The predicted molar refractivity (Wildman–Crippen MR) is 74.9 cm³/mol. The normalized spacial score (nSPS) is 10.9. The van der Waals surface area contributed by atoms with Crippen LogP contribution < -0.4 is 5.73 Å². The molecule has 0 bridgehead atoms. The van der Waals surface area contributed by atoms with E-state index >= 15 is 0 Å². The first-order valence-electron chi connectivity index (χ1n) is 6.57. The molecule has 3 nitrogen and oxygen atoms in total. The molecule has 0 aliphatic carbocycles. The predicted octanol–water partition coefficient (Wildman–Crippen LogP) is 2.76. The second kappa shape index (κ2) is 5.36. The van der Waals surface area contributed by atoms with Crippen molar-refractivity contribution >= 4 is 0 Å². The number of rotatable bonds is 4. The maximum atomic E-state index is 5.67. The van der Waals surface area contributed by atoms with Gasteiger partial charge in [-0.25, -0.2) is 4.68 Å². The van der Waals surface area contributed by atoms with Gasteiger partial charge in [-0.1, -0.05) is 26.0 Å². The van der Waals surface area contributed by atoms with Gasteiger partial charge < -0.3 is 5.73 Å². The topological polar surface area (TPSA) is 43.8 Å². The molecule has 2 N–H and O–H groups in total. The molecule has 0 aliphatic rings. The van der Waals surface area contributed by atoms with E-state index in [1.165, 1.54) is 11.3 Å². The van der Waals surface area contributed by atoms with Crippen molar-refractivity contribution < 1.29 is 0 Å². The fourth-order valence-electron chi connectivity index (χ4n) is 2.19. The minimum absolute atomic E-state index is 0.584. The number of hydrogen-bond acceptors (Lipinski definition) is 2. The lowest BCUT2D eigenvalue weighted by molar-refractivity contribution is 0.788. The molecule has 0 radical (unpaired) electrons. The molecule has 1 aromatic carbocycles. The molecule has 18 heavy (non-hydrogen) atoms. The molecular formula is C15H21N3. The smallest absolute Gasteiger partial charge is 0.0678 e. The minimum Gasteiger partial charge on any atom is -0.326 e. The molecule has 0 unspecified atom stereocenters. The fourth-order valence-corrected chi connectivity index (χ4v) is 2.19. The molecular weight excluding hydrogens is 222 g/mol. The third kappa shape index (κ3) is 2.31. The lowest BCUT2D eigenvalue weighted by atomic mass is 10.1. The number of benzene rings is 1. The van der Waals surface area contributed by atoms with Gasteiger partial charge in [0.2, 0.25) is 0 Å². The Kier molecular flexibility index (Phi) is 3.82. The maximum Gasteiger partial charge on any atom is 0.0678 e. The molecule has 0 aliphatic heterocycles. The summed E-state index contributed by atoms with van der Waals surface area (Å²) in [4.78, 5) is 0. The Bertz CT molecular complexity index is 541. The molecule has 3 heteroatoms. The van der Waals surface area contributed by atoms with Gasteiger partial charge >= 0.3 is 0 Å². The highest BCUT2D eigenvalue weighted by atomic mass is 15.3. The van der Waals surface area contributed by atoms with Crippen LogP contribution in [0.2, 0.25) is 0 Å². The van der Waals surface area contributed by atoms with Gasteiger partial charge in [-0.2, -0.15) is 5.10 Å². The Labute approximate surface area is 109 Å². The lowest BCUT2D eigenvalue weighted by Crippen LogP contribution is -2.05. The van der Waals surface area contributed by atoms with Gasteiger partial charge in [-0.3, -0.25) is 0 Å². The molecule has 0 saturated carbocycles. The largest absolute Gasteiger partial charge is 0.326 e. The van der Waals surface area contributed by atoms with Crippen LogP contribution in [0.15, 0.2) is 24.3 Å². The zero-order valence-corrected chi connectivity index (χ0v) is 11.4. The third-order valence-corrected chi connectivity index (χ3v) is 3.28. The number of aryl methyl sites for hydroxylation is 3. The Morgan fingerprint density at radius 3 is 2.50 bits per heavy atom. The van der Waals surface area contributed by atoms with Crippen LogP contribution in [0, 0.1) is 6.92 Å². The van der Waals surface area contributed by atoms with E-state index in [9.17, 15) is 0 Å². The highest BCUT2D eigenvalue weighted by molar-refractivity contribution is 5.43. The summed E-state index contributed by atoms with van der Waals surface area (Å²) in [5, 5.41) is 4.67. The van der Waals surface area contributed by atoms with Gasteiger partial charge in [0, 0.05) is 12.2 Å². The molecule has 0 fully saturated rings. The molecule has 0 amide bonds. The summed E-state index contributed by atoms with van der Waals surface area (Å²) in [6, 6.07) is 8.52. The monoisotopic (exact) mass is 243 g/mol. The van der Waals surface area contributed by atoms with Crippen LogP contribution in [-0.4, -0.2) is 9.78 Å². The average molecular weight is 243 g/mol. The molecule has 96 valence electrons. The van der Waals surface area contributed by atoms with E-state index in [0.29, 0.717) is 6.54 Å². The summed E-state index contributed by atoms with van der Waals surface area (Å²) < 4.78 is 2.06. The second-order valence-corrected chi connectivity index (χ2v) is 4.57. The van der Waals surface area contributed by atoms with Crippen molar-refractivity contribution in [3.8, 4) is 5.69 Å². The van der Waals surface area contributed by atoms with Crippen molar-refractivity contribution in [2.45, 2.75) is 40.2 Å². The van der Waals surface area contributed by atoms with Gasteiger partial charge in [-0.15, -0.1) is 0 Å². The van der Waals surface area contributed by atoms with Gasteiger partial charge in [0.25, 0.3) is 0 Å².